The van der Waals surface area contributed by atoms with Crippen molar-refractivity contribution < 1.29 is 4.74 Å². The number of nitrogens with zero attached hydrogens (tertiary/aromatic N) is 1. The zero-order valence-electron chi connectivity index (χ0n) is 12.3. The van der Waals surface area contributed by atoms with Gasteiger partial charge in [-0.2, -0.15) is 0 Å². The van der Waals surface area contributed by atoms with E-state index in [0.29, 0.717) is 23.6 Å². The van der Waals surface area contributed by atoms with Crippen molar-refractivity contribution in [1.82, 2.24) is 4.90 Å². The highest BCUT2D eigenvalue weighted by atomic mass is 16.5. The fraction of sp³-hybridized carbons (Fsp3) is 1.00. The zero-order chi connectivity index (χ0) is 13.2. The molecule has 3 heteroatoms. The molecule has 0 amide bonds. The summed E-state index contributed by atoms with van der Waals surface area (Å²) < 4.78 is 5.81. The van der Waals surface area contributed by atoms with Gasteiger partial charge in [-0.15, -0.1) is 0 Å². The van der Waals surface area contributed by atoms with Crippen molar-refractivity contribution >= 4 is 0 Å². The molecular formula is C15H30N2O. The van der Waals surface area contributed by atoms with Crippen LogP contribution in [0.25, 0.3) is 0 Å². The van der Waals surface area contributed by atoms with Gasteiger partial charge in [-0.1, -0.05) is 20.3 Å². The molecule has 1 heterocycles. The molecule has 0 aromatic heterocycles. The van der Waals surface area contributed by atoms with E-state index in [0.717, 1.165) is 13.2 Å². The van der Waals surface area contributed by atoms with Crippen molar-refractivity contribution in [3.05, 3.63) is 0 Å². The number of hydrogen-bond acceptors (Lipinski definition) is 3. The van der Waals surface area contributed by atoms with Gasteiger partial charge in [0.15, 0.2) is 0 Å². The summed E-state index contributed by atoms with van der Waals surface area (Å²) in [4.78, 5) is 2.61. The fourth-order valence-electron chi connectivity index (χ4n) is 3.68. The Morgan fingerprint density at radius 2 is 2.06 bits per heavy atom. The molecule has 2 N–H and O–H groups in total. The Kier molecular flexibility index (Phi) is 4.68. The second-order valence-corrected chi connectivity index (χ2v) is 6.69. The van der Waals surface area contributed by atoms with Crippen LogP contribution in [0.3, 0.4) is 0 Å². The lowest BCUT2D eigenvalue weighted by Gasteiger charge is -2.48. The minimum absolute atomic E-state index is 0.293. The van der Waals surface area contributed by atoms with E-state index < -0.39 is 0 Å². The molecule has 1 aliphatic heterocycles. The number of rotatable bonds is 3. The third-order valence-corrected chi connectivity index (χ3v) is 4.92. The number of piperidine rings is 1. The van der Waals surface area contributed by atoms with Crippen LogP contribution in [0.5, 0.6) is 0 Å². The van der Waals surface area contributed by atoms with Crippen molar-refractivity contribution in [3.8, 4) is 0 Å². The smallest absolute Gasteiger partial charge is 0.0702 e. The number of nitrogens with two attached hydrogens (primary N) is 1. The minimum atomic E-state index is 0.293. The predicted molar refractivity (Wildman–Crippen MR) is 75.6 cm³/mol. The maximum absolute atomic E-state index is 6.52. The Morgan fingerprint density at radius 1 is 1.28 bits per heavy atom. The summed E-state index contributed by atoms with van der Waals surface area (Å²) in [5, 5.41) is 0. The summed E-state index contributed by atoms with van der Waals surface area (Å²) in [6.45, 7) is 9.87. The summed E-state index contributed by atoms with van der Waals surface area (Å²) in [5.74, 6) is 0. The van der Waals surface area contributed by atoms with Gasteiger partial charge in [0.2, 0.25) is 0 Å². The van der Waals surface area contributed by atoms with Crippen LogP contribution in [0.1, 0.15) is 52.9 Å². The van der Waals surface area contributed by atoms with Crippen LogP contribution in [-0.2, 0) is 4.74 Å². The van der Waals surface area contributed by atoms with E-state index in [1.165, 1.54) is 38.6 Å². The molecule has 0 radical (unpaired) electrons. The van der Waals surface area contributed by atoms with Gasteiger partial charge >= 0.3 is 0 Å². The fourth-order valence-corrected chi connectivity index (χ4v) is 3.68. The highest BCUT2D eigenvalue weighted by Crippen LogP contribution is 2.37. The molecule has 3 unspecified atom stereocenters. The molecule has 0 aromatic carbocycles. The number of likely N-dealkylation sites (tertiary alicyclic amines) is 1. The van der Waals surface area contributed by atoms with Crippen LogP contribution in [0, 0.1) is 5.41 Å². The van der Waals surface area contributed by atoms with Crippen LogP contribution < -0.4 is 5.73 Å². The molecule has 2 rings (SSSR count). The molecule has 2 aliphatic rings. The summed E-state index contributed by atoms with van der Waals surface area (Å²) in [7, 11) is 0. The molecular weight excluding hydrogens is 224 g/mol. The van der Waals surface area contributed by atoms with E-state index in [9.17, 15) is 0 Å². The third-order valence-electron chi connectivity index (χ3n) is 4.92. The Bertz CT molecular complexity index is 265. The highest BCUT2D eigenvalue weighted by Gasteiger charge is 2.40. The van der Waals surface area contributed by atoms with Crippen LogP contribution in [0.15, 0.2) is 0 Å². The molecule has 1 saturated heterocycles. The van der Waals surface area contributed by atoms with Gasteiger partial charge in [0.05, 0.1) is 6.10 Å². The Balaban J connectivity index is 1.97. The normalized spacial score (nSPS) is 37.7. The first-order chi connectivity index (χ1) is 8.54. The lowest BCUT2D eigenvalue weighted by molar-refractivity contribution is -0.0276. The van der Waals surface area contributed by atoms with Crippen LogP contribution in [-0.4, -0.2) is 42.8 Å². The number of hydrogen-bond donors (Lipinski definition) is 1. The van der Waals surface area contributed by atoms with Crippen LogP contribution in [0.4, 0.5) is 0 Å². The van der Waals surface area contributed by atoms with E-state index in [4.69, 9.17) is 10.5 Å². The minimum Gasteiger partial charge on any atom is -0.377 e. The van der Waals surface area contributed by atoms with Gasteiger partial charge in [-0.3, -0.25) is 4.90 Å². The summed E-state index contributed by atoms with van der Waals surface area (Å²) in [6.07, 6.45) is 6.77. The molecule has 1 saturated carbocycles. The summed E-state index contributed by atoms with van der Waals surface area (Å²) >= 11 is 0. The van der Waals surface area contributed by atoms with E-state index >= 15 is 0 Å². The monoisotopic (exact) mass is 254 g/mol. The van der Waals surface area contributed by atoms with E-state index in [2.05, 4.69) is 25.7 Å². The van der Waals surface area contributed by atoms with Crippen LogP contribution in [0.2, 0.25) is 0 Å². The lowest BCUT2D eigenvalue weighted by Crippen LogP contribution is -2.59. The van der Waals surface area contributed by atoms with Gasteiger partial charge in [0, 0.05) is 25.2 Å². The molecule has 0 bridgehead atoms. The first kappa shape index (κ1) is 14.3. The van der Waals surface area contributed by atoms with Gasteiger partial charge < -0.3 is 10.5 Å². The molecule has 0 aromatic rings. The standard InChI is InChI=1S/C15H30N2O/c1-4-18-12-7-6-10-17(11-12)13-8-5-9-15(2,3)14(13)16/h12-14H,4-11,16H2,1-3H3. The molecule has 106 valence electrons. The van der Waals surface area contributed by atoms with Gasteiger partial charge in [0.25, 0.3) is 0 Å². The average Bonchev–Trinajstić information content (AvgIpc) is 2.33. The molecule has 18 heavy (non-hydrogen) atoms. The van der Waals surface area contributed by atoms with Crippen molar-refractivity contribution in [2.75, 3.05) is 19.7 Å². The van der Waals surface area contributed by atoms with E-state index in [1.807, 2.05) is 0 Å². The summed E-state index contributed by atoms with van der Waals surface area (Å²) in [6, 6.07) is 0.878. The van der Waals surface area contributed by atoms with Crippen molar-refractivity contribution in [2.24, 2.45) is 11.1 Å². The zero-order valence-corrected chi connectivity index (χ0v) is 12.3. The van der Waals surface area contributed by atoms with Gasteiger partial charge in [-0.25, -0.2) is 0 Å². The van der Waals surface area contributed by atoms with Gasteiger partial charge in [0.1, 0.15) is 0 Å². The maximum atomic E-state index is 6.52. The van der Waals surface area contributed by atoms with E-state index in [1.54, 1.807) is 0 Å². The SMILES string of the molecule is CCOC1CCCN(C2CCCC(C)(C)C2N)C1. The van der Waals surface area contributed by atoms with Gasteiger partial charge in [-0.05, 0) is 44.6 Å². The average molecular weight is 254 g/mol. The van der Waals surface area contributed by atoms with Crippen LogP contribution >= 0.6 is 0 Å². The largest absolute Gasteiger partial charge is 0.377 e. The highest BCUT2D eigenvalue weighted by molar-refractivity contribution is 4.97. The molecule has 0 spiro atoms. The molecule has 3 atom stereocenters. The van der Waals surface area contributed by atoms with Crippen molar-refractivity contribution in [3.63, 3.8) is 0 Å². The van der Waals surface area contributed by atoms with E-state index in [-0.39, 0.29) is 0 Å². The first-order valence-electron chi connectivity index (χ1n) is 7.66. The van der Waals surface area contributed by atoms with Crippen molar-refractivity contribution in [1.29, 1.82) is 0 Å². The second-order valence-electron chi connectivity index (χ2n) is 6.69. The Hall–Kier alpha value is -0.120. The second kappa shape index (κ2) is 5.89. The lowest BCUT2D eigenvalue weighted by atomic mass is 9.70. The Morgan fingerprint density at radius 3 is 2.78 bits per heavy atom. The number of ether oxygens (including phenoxy) is 1. The predicted octanol–water partition coefficient (Wildman–Crippen LogP) is 2.39. The summed E-state index contributed by atoms with van der Waals surface area (Å²) in [5.41, 5.74) is 6.82. The van der Waals surface area contributed by atoms with Crippen molar-refractivity contribution in [2.45, 2.75) is 71.1 Å². The molecule has 1 aliphatic carbocycles. The quantitative estimate of drug-likeness (QED) is 0.840. The Labute approximate surface area is 112 Å². The topological polar surface area (TPSA) is 38.5 Å². The molecule has 3 nitrogen and oxygen atoms in total. The third kappa shape index (κ3) is 3.06. The maximum Gasteiger partial charge on any atom is 0.0702 e. The first-order valence-corrected chi connectivity index (χ1v) is 7.66. The molecule has 2 fully saturated rings.